The molecule has 0 aliphatic carbocycles. The fourth-order valence-corrected chi connectivity index (χ4v) is 6.13. The van der Waals surface area contributed by atoms with Crippen molar-refractivity contribution in [1.29, 1.82) is 0 Å². The van der Waals surface area contributed by atoms with Gasteiger partial charge in [0.15, 0.2) is 10.9 Å². The van der Waals surface area contributed by atoms with Gasteiger partial charge in [-0.1, -0.05) is 5.16 Å². The highest BCUT2D eigenvalue weighted by Gasteiger charge is 2.58. The summed E-state index contributed by atoms with van der Waals surface area (Å²) in [5.74, 6) is -3.67. The number of ether oxygens (including phenoxy) is 3. The summed E-state index contributed by atoms with van der Waals surface area (Å²) in [6.07, 6.45) is 2.13. The molecule has 0 bridgehead atoms. The van der Waals surface area contributed by atoms with Gasteiger partial charge in [-0.2, -0.15) is 0 Å². The molecule has 0 saturated carbocycles. The van der Waals surface area contributed by atoms with Crippen LogP contribution in [-0.2, 0) is 44.6 Å². The van der Waals surface area contributed by atoms with Crippen molar-refractivity contribution in [3.63, 3.8) is 0 Å². The quantitative estimate of drug-likeness (QED) is 0.0716. The van der Waals surface area contributed by atoms with Crippen LogP contribution in [0.4, 0.5) is 9.93 Å². The van der Waals surface area contributed by atoms with Gasteiger partial charge in [0, 0.05) is 24.3 Å². The number of nitrogens with one attached hydrogen (secondary N) is 1. The van der Waals surface area contributed by atoms with Crippen LogP contribution in [0.5, 0.6) is 0 Å². The number of thioether (sulfide) groups is 1. The van der Waals surface area contributed by atoms with Crippen molar-refractivity contribution in [1.82, 2.24) is 9.88 Å². The van der Waals surface area contributed by atoms with E-state index >= 15 is 0 Å². The van der Waals surface area contributed by atoms with E-state index in [2.05, 4.69) is 15.5 Å². The molecule has 2 amide bonds. The number of β-lactam (4-membered cyclic amide) rings is 1. The van der Waals surface area contributed by atoms with Crippen molar-refractivity contribution < 1.29 is 43.0 Å². The van der Waals surface area contributed by atoms with Crippen molar-refractivity contribution in [3.05, 3.63) is 34.5 Å². The number of oxime groups is 1. The predicted octanol–water partition coefficient (Wildman–Crippen LogP) is 3.14. The topological polar surface area (TPSA) is 189 Å². The number of nitrogens with two attached hydrogens (primary N) is 1. The minimum absolute atomic E-state index is 0.128. The van der Waals surface area contributed by atoms with E-state index in [0.29, 0.717) is 16.5 Å². The fraction of sp³-hybridized carbons (Fsp3) is 0.536. The van der Waals surface area contributed by atoms with Crippen LogP contribution in [0, 0.1) is 5.92 Å². The number of rotatable bonds is 10. The highest BCUT2D eigenvalue weighted by Crippen LogP contribution is 2.46. The Morgan fingerprint density at radius 2 is 1.77 bits per heavy atom. The lowest BCUT2D eigenvalue weighted by atomic mass is 9.90. The lowest BCUT2D eigenvalue weighted by Crippen LogP contribution is -2.65. The highest BCUT2D eigenvalue weighted by molar-refractivity contribution is 8.00. The van der Waals surface area contributed by atoms with Crippen molar-refractivity contribution in [2.24, 2.45) is 16.8 Å². The van der Waals surface area contributed by atoms with Gasteiger partial charge in [0.25, 0.3) is 0 Å². The Kier molecular flexibility index (Phi) is 11.0. The molecular formula is C28H37N5O9S2. The summed E-state index contributed by atoms with van der Waals surface area (Å²) in [7, 11) is 1.34. The van der Waals surface area contributed by atoms with E-state index in [1.807, 2.05) is 0 Å². The first kappa shape index (κ1) is 34.7. The molecule has 1 aromatic heterocycles. The molecule has 3 heterocycles. The third-order valence-electron chi connectivity index (χ3n) is 5.72. The lowest BCUT2D eigenvalue weighted by molar-refractivity contribution is -0.162. The van der Waals surface area contributed by atoms with Gasteiger partial charge in [-0.15, -0.1) is 23.1 Å². The van der Waals surface area contributed by atoms with Crippen molar-refractivity contribution >= 4 is 63.7 Å². The number of hydrogen-bond donors (Lipinski definition) is 2. The molecule has 1 fully saturated rings. The Morgan fingerprint density at radius 1 is 1.11 bits per heavy atom. The molecule has 1 saturated heterocycles. The summed E-state index contributed by atoms with van der Waals surface area (Å²) in [4.78, 5) is 73.6. The zero-order valence-electron chi connectivity index (χ0n) is 25.8. The van der Waals surface area contributed by atoms with E-state index in [1.165, 1.54) is 42.4 Å². The van der Waals surface area contributed by atoms with Crippen LogP contribution >= 0.6 is 23.1 Å². The van der Waals surface area contributed by atoms with Gasteiger partial charge in [-0.25, -0.2) is 14.6 Å². The largest absolute Gasteiger partial charge is 0.461 e. The zero-order chi connectivity index (χ0) is 33.0. The molecule has 2 aliphatic heterocycles. The summed E-state index contributed by atoms with van der Waals surface area (Å²) in [5, 5.41) is 6.91. The summed E-state index contributed by atoms with van der Waals surface area (Å²) >= 11 is 2.28. The number of aromatic nitrogens is 1. The first-order valence-corrected chi connectivity index (χ1v) is 15.3. The number of amides is 2. The van der Waals surface area contributed by atoms with Gasteiger partial charge in [0.1, 0.15) is 41.9 Å². The fourth-order valence-electron chi connectivity index (χ4n) is 4.05. The molecule has 0 spiro atoms. The summed E-state index contributed by atoms with van der Waals surface area (Å²) in [6.45, 7) is 11.2. The molecule has 16 heteroatoms. The molecule has 0 aromatic carbocycles. The molecule has 240 valence electrons. The van der Waals surface area contributed by atoms with E-state index in [-0.39, 0.29) is 24.3 Å². The second-order valence-corrected chi connectivity index (χ2v) is 13.9. The molecule has 3 atom stereocenters. The van der Waals surface area contributed by atoms with E-state index in [9.17, 15) is 24.0 Å². The van der Waals surface area contributed by atoms with E-state index in [4.69, 9.17) is 24.8 Å². The summed E-state index contributed by atoms with van der Waals surface area (Å²) in [6, 6.07) is 0. The van der Waals surface area contributed by atoms with Crippen LogP contribution in [-0.4, -0.2) is 81.0 Å². The number of ketones is 1. The standard InChI is InChI=1S/C28H37N5O9S2/c1-14(34)40-12-17-20(24(37)41-27(2,3)4)33-22(36)19(23(33)44-21(17)29)18(35)10-9-15(32-39-8)11-16-13-43-25(30-16)31-26(38)42-28(5,6)7/h9-10,13,19,21,23H,11-12,29H2,1-8H3,(H,30,31,38)/t19?,21?,23-/m1/s1. The molecule has 3 N–H and O–H groups in total. The number of carbonyl (C=O) groups excluding carboxylic acids is 5. The lowest BCUT2D eigenvalue weighted by Gasteiger charge is -2.50. The Balaban J connectivity index is 1.75. The monoisotopic (exact) mass is 651 g/mol. The average Bonchev–Trinajstić information content (AvgIpc) is 3.30. The molecular weight excluding hydrogens is 614 g/mol. The van der Waals surface area contributed by atoms with Crippen LogP contribution in [0.3, 0.4) is 0 Å². The number of carbonyl (C=O) groups is 5. The van der Waals surface area contributed by atoms with Gasteiger partial charge in [0.2, 0.25) is 5.91 Å². The van der Waals surface area contributed by atoms with Crippen LogP contribution in [0.15, 0.2) is 34.0 Å². The predicted molar refractivity (Wildman–Crippen MR) is 163 cm³/mol. The van der Waals surface area contributed by atoms with E-state index in [1.54, 1.807) is 46.9 Å². The maximum Gasteiger partial charge on any atom is 0.413 e. The van der Waals surface area contributed by atoms with E-state index in [0.717, 1.165) is 11.8 Å². The number of anilines is 1. The summed E-state index contributed by atoms with van der Waals surface area (Å²) < 4.78 is 15.8. The van der Waals surface area contributed by atoms with Crippen molar-refractivity contribution in [3.8, 4) is 0 Å². The highest BCUT2D eigenvalue weighted by atomic mass is 32.2. The number of thiazole rings is 1. The molecule has 14 nitrogen and oxygen atoms in total. The first-order chi connectivity index (χ1) is 20.4. The Hall–Kier alpha value is -3.76. The average molecular weight is 652 g/mol. The SMILES string of the molecule is CON=C(C=CC(=O)C1C(=O)N2C(C(=O)OC(C)(C)C)=C(COC(C)=O)C(N)S[C@H]12)Cc1csc(NC(=O)OC(C)(C)C)n1. The molecule has 2 aliphatic rings. The number of hydrogen-bond acceptors (Lipinski definition) is 14. The van der Waals surface area contributed by atoms with Gasteiger partial charge in [-0.3, -0.25) is 24.6 Å². The molecule has 3 rings (SSSR count). The number of fused-ring (bicyclic) bond motifs is 1. The summed E-state index contributed by atoms with van der Waals surface area (Å²) in [5.41, 5.74) is 5.73. The van der Waals surface area contributed by atoms with Gasteiger partial charge in [0.05, 0.1) is 16.8 Å². The zero-order valence-corrected chi connectivity index (χ0v) is 27.4. The Bertz CT molecular complexity index is 1400. The van der Waals surface area contributed by atoms with Crippen LogP contribution < -0.4 is 11.1 Å². The molecule has 44 heavy (non-hydrogen) atoms. The Morgan fingerprint density at radius 3 is 2.36 bits per heavy atom. The third-order valence-corrected chi connectivity index (χ3v) is 7.86. The number of allylic oxidation sites excluding steroid dienone is 2. The van der Waals surface area contributed by atoms with Crippen molar-refractivity contribution in [2.75, 3.05) is 19.0 Å². The second-order valence-electron chi connectivity index (χ2n) is 11.7. The molecule has 1 aromatic rings. The van der Waals surface area contributed by atoms with Crippen LogP contribution in [0.2, 0.25) is 0 Å². The minimum atomic E-state index is -1.12. The third kappa shape index (κ3) is 9.12. The number of nitrogens with zero attached hydrogens (tertiary/aromatic N) is 3. The maximum absolute atomic E-state index is 13.3. The molecule has 0 radical (unpaired) electrons. The molecule has 2 unspecified atom stereocenters. The van der Waals surface area contributed by atoms with Crippen LogP contribution in [0.1, 0.15) is 54.2 Å². The minimum Gasteiger partial charge on any atom is -0.461 e. The first-order valence-electron chi connectivity index (χ1n) is 13.5. The number of esters is 2. The normalized spacial score (nSPS) is 20.6. The van der Waals surface area contributed by atoms with Gasteiger partial charge in [-0.05, 0) is 53.7 Å². The van der Waals surface area contributed by atoms with E-state index < -0.39 is 57.6 Å². The second kappa shape index (κ2) is 13.9. The van der Waals surface area contributed by atoms with Gasteiger partial charge >= 0.3 is 18.0 Å². The Labute approximate surface area is 263 Å². The maximum atomic E-state index is 13.3. The van der Waals surface area contributed by atoms with Crippen LogP contribution in [0.25, 0.3) is 0 Å². The van der Waals surface area contributed by atoms with Crippen molar-refractivity contribution in [2.45, 2.75) is 76.8 Å². The van der Waals surface area contributed by atoms with Gasteiger partial charge < -0.3 is 24.8 Å². The smallest absolute Gasteiger partial charge is 0.413 e.